The molecule has 0 heterocycles. The zero-order valence-corrected chi connectivity index (χ0v) is 21.9. The summed E-state index contributed by atoms with van der Waals surface area (Å²) in [7, 11) is 4.32. The Hall–Kier alpha value is -2.33. The molecule has 0 aromatic heterocycles. The lowest BCUT2D eigenvalue weighted by molar-refractivity contribution is 0.389. The second-order valence-corrected chi connectivity index (χ2v) is 9.21. The average molecular weight is 453 g/mol. The van der Waals surface area contributed by atoms with E-state index in [9.17, 15) is 0 Å². The molecule has 2 rings (SSSR count). The van der Waals surface area contributed by atoms with Crippen LogP contribution in [0.15, 0.2) is 53.5 Å². The van der Waals surface area contributed by atoms with E-state index in [1.807, 2.05) is 62.4 Å². The van der Waals surface area contributed by atoms with Gasteiger partial charge in [0.2, 0.25) is 0 Å². The topological polar surface area (TPSA) is 53.6 Å². The molecule has 4 heteroatoms. The second kappa shape index (κ2) is 18.1. The monoisotopic (exact) mass is 452 g/mol. The molecular weight excluding hydrogens is 404 g/mol. The first kappa shape index (κ1) is 28.7. The van der Waals surface area contributed by atoms with Gasteiger partial charge in [0.25, 0.3) is 0 Å². The Morgan fingerprint density at radius 2 is 1.27 bits per heavy atom. The summed E-state index contributed by atoms with van der Waals surface area (Å²) in [5, 5.41) is 3.11. The zero-order chi connectivity index (χ0) is 24.3. The molecule has 3 N–H and O–H groups in total. The molecule has 0 saturated heterocycles. The number of benzene rings is 2. The highest BCUT2D eigenvalue weighted by molar-refractivity contribution is 5.94. The van der Waals surface area contributed by atoms with Gasteiger partial charge < -0.3 is 16.0 Å². The van der Waals surface area contributed by atoms with Crippen molar-refractivity contribution in [1.82, 2.24) is 4.90 Å². The Kier molecular flexibility index (Phi) is 15.8. The molecular formula is C29H48N4. The van der Waals surface area contributed by atoms with E-state index in [0.29, 0.717) is 5.96 Å². The van der Waals surface area contributed by atoms with E-state index >= 15 is 0 Å². The number of para-hydroxylation sites is 2. The van der Waals surface area contributed by atoms with Gasteiger partial charge in [0.05, 0.1) is 5.69 Å². The maximum Gasteiger partial charge on any atom is 0.198 e. The first-order valence-electron chi connectivity index (χ1n) is 12.8. The quantitative estimate of drug-likeness (QED) is 0.185. The van der Waals surface area contributed by atoms with Crippen molar-refractivity contribution in [3.63, 3.8) is 0 Å². The summed E-state index contributed by atoms with van der Waals surface area (Å²) < 4.78 is 0. The van der Waals surface area contributed by atoms with Gasteiger partial charge in [-0.2, -0.15) is 0 Å². The van der Waals surface area contributed by atoms with Crippen LogP contribution in [0, 0.1) is 13.8 Å². The van der Waals surface area contributed by atoms with Gasteiger partial charge in [-0.1, -0.05) is 101 Å². The van der Waals surface area contributed by atoms with Gasteiger partial charge in [0.1, 0.15) is 0 Å². The van der Waals surface area contributed by atoms with Gasteiger partial charge in [0, 0.05) is 5.69 Å². The third-order valence-electron chi connectivity index (χ3n) is 5.72. The molecule has 0 saturated carbocycles. The number of nitrogens with zero attached hydrogens (tertiary/aromatic N) is 2. The van der Waals surface area contributed by atoms with Crippen molar-refractivity contribution in [2.75, 3.05) is 26.0 Å². The summed E-state index contributed by atoms with van der Waals surface area (Å²) in [6, 6.07) is 15.9. The molecule has 0 unspecified atom stereocenters. The van der Waals surface area contributed by atoms with Crippen LogP contribution in [-0.4, -0.2) is 31.5 Å². The lowest BCUT2D eigenvalue weighted by Crippen LogP contribution is -2.22. The van der Waals surface area contributed by atoms with Crippen molar-refractivity contribution in [2.45, 2.75) is 85.0 Å². The Balaban J connectivity index is 0.000000337. The van der Waals surface area contributed by atoms with Crippen molar-refractivity contribution in [1.29, 1.82) is 0 Å². The predicted octanol–water partition coefficient (Wildman–Crippen LogP) is 7.83. The van der Waals surface area contributed by atoms with E-state index in [-0.39, 0.29) is 0 Å². The molecule has 0 fully saturated rings. The van der Waals surface area contributed by atoms with Crippen LogP contribution in [0.5, 0.6) is 0 Å². The van der Waals surface area contributed by atoms with Crippen molar-refractivity contribution >= 4 is 17.3 Å². The minimum atomic E-state index is 0.401. The minimum Gasteiger partial charge on any atom is -0.369 e. The predicted molar refractivity (Wildman–Crippen MR) is 148 cm³/mol. The summed E-state index contributed by atoms with van der Waals surface area (Å²) in [5.74, 6) is 0.401. The van der Waals surface area contributed by atoms with Crippen LogP contribution in [0.3, 0.4) is 0 Å². The van der Waals surface area contributed by atoms with Gasteiger partial charge in [-0.15, -0.1) is 0 Å². The summed E-state index contributed by atoms with van der Waals surface area (Å²) in [6.07, 6.45) is 14.4. The number of rotatable bonds is 13. The smallest absolute Gasteiger partial charge is 0.198 e. The summed E-state index contributed by atoms with van der Waals surface area (Å²) in [4.78, 5) is 6.66. The molecule has 2 aromatic rings. The number of hydrogen-bond acceptors (Lipinski definition) is 2. The van der Waals surface area contributed by atoms with Crippen LogP contribution in [0.2, 0.25) is 0 Å². The first-order chi connectivity index (χ1) is 15.9. The second-order valence-electron chi connectivity index (χ2n) is 9.21. The summed E-state index contributed by atoms with van der Waals surface area (Å²) >= 11 is 0. The van der Waals surface area contributed by atoms with Crippen LogP contribution in [0.4, 0.5) is 11.4 Å². The molecule has 0 aliphatic heterocycles. The molecule has 0 bridgehead atoms. The molecule has 0 aliphatic carbocycles. The van der Waals surface area contributed by atoms with Crippen molar-refractivity contribution in [3.05, 3.63) is 59.7 Å². The standard InChI is InChI=1S/C15H17N3.C14H31N/c1-11-7-3-5-9-13(11)17-15(16)18-14-10-6-4-8-12(14)2;1-4-5-6-7-8-9-10-11-12-13-14-15(2)3/h3-10H,1-2H3,(H3,16,17,18);4-14H2,1-3H3. The molecule has 4 nitrogen and oxygen atoms in total. The number of hydrogen-bond donors (Lipinski definition) is 2. The van der Waals surface area contributed by atoms with Crippen molar-refractivity contribution in [3.8, 4) is 0 Å². The minimum absolute atomic E-state index is 0.401. The van der Waals surface area contributed by atoms with Gasteiger partial charge in [0.15, 0.2) is 5.96 Å². The summed E-state index contributed by atoms with van der Waals surface area (Å²) in [5.41, 5.74) is 10.0. The largest absolute Gasteiger partial charge is 0.369 e. The molecule has 0 aliphatic rings. The third-order valence-corrected chi connectivity index (χ3v) is 5.72. The van der Waals surface area contributed by atoms with Crippen LogP contribution < -0.4 is 11.1 Å². The number of nitrogens with two attached hydrogens (primary N) is 1. The molecule has 0 spiro atoms. The third kappa shape index (κ3) is 14.4. The van der Waals surface area contributed by atoms with Gasteiger partial charge in [-0.05, 0) is 64.2 Å². The number of nitrogens with one attached hydrogen (secondary N) is 1. The number of aliphatic imine (C=N–C) groups is 1. The first-order valence-corrected chi connectivity index (χ1v) is 12.8. The fraction of sp³-hybridized carbons (Fsp3) is 0.552. The Labute approximate surface area is 203 Å². The number of anilines is 1. The molecule has 2 aromatic carbocycles. The van der Waals surface area contributed by atoms with Crippen LogP contribution in [0.25, 0.3) is 0 Å². The van der Waals surface area contributed by atoms with Crippen molar-refractivity contribution in [2.24, 2.45) is 10.7 Å². The highest BCUT2D eigenvalue weighted by Crippen LogP contribution is 2.18. The van der Waals surface area contributed by atoms with E-state index in [0.717, 1.165) is 22.5 Å². The Morgan fingerprint density at radius 1 is 0.758 bits per heavy atom. The lowest BCUT2D eigenvalue weighted by Gasteiger charge is -2.08. The normalized spacial score (nSPS) is 11.3. The molecule has 184 valence electrons. The number of aryl methyl sites for hydroxylation is 2. The fourth-order valence-electron chi connectivity index (χ4n) is 3.61. The maximum absolute atomic E-state index is 5.91. The highest BCUT2D eigenvalue weighted by atomic mass is 15.1. The average Bonchev–Trinajstić information content (AvgIpc) is 2.78. The van der Waals surface area contributed by atoms with E-state index in [2.05, 4.69) is 36.2 Å². The lowest BCUT2D eigenvalue weighted by atomic mass is 10.1. The zero-order valence-electron chi connectivity index (χ0n) is 21.9. The Morgan fingerprint density at radius 3 is 1.82 bits per heavy atom. The van der Waals surface area contributed by atoms with Crippen LogP contribution in [-0.2, 0) is 0 Å². The van der Waals surface area contributed by atoms with E-state index in [4.69, 9.17) is 5.73 Å². The Bertz CT molecular complexity index is 783. The van der Waals surface area contributed by atoms with Gasteiger partial charge in [-0.3, -0.25) is 0 Å². The number of unbranched alkanes of at least 4 members (excludes halogenated alkanes) is 9. The fourth-order valence-corrected chi connectivity index (χ4v) is 3.61. The van der Waals surface area contributed by atoms with Crippen LogP contribution >= 0.6 is 0 Å². The van der Waals surface area contributed by atoms with Crippen molar-refractivity contribution < 1.29 is 0 Å². The molecule has 0 radical (unpaired) electrons. The maximum atomic E-state index is 5.91. The highest BCUT2D eigenvalue weighted by Gasteiger charge is 2.00. The van der Waals surface area contributed by atoms with E-state index < -0.39 is 0 Å². The van der Waals surface area contributed by atoms with E-state index in [1.54, 1.807) is 0 Å². The SMILES string of the molecule is CCCCCCCCCCCCN(C)C.Cc1ccccc1N=C(N)Nc1ccccc1C. The summed E-state index contributed by atoms with van der Waals surface area (Å²) in [6.45, 7) is 7.59. The van der Waals surface area contributed by atoms with Gasteiger partial charge >= 0.3 is 0 Å². The molecule has 0 amide bonds. The van der Waals surface area contributed by atoms with Gasteiger partial charge in [-0.25, -0.2) is 4.99 Å². The number of guanidine groups is 1. The van der Waals surface area contributed by atoms with Crippen LogP contribution in [0.1, 0.15) is 82.3 Å². The van der Waals surface area contributed by atoms with E-state index in [1.165, 1.54) is 70.8 Å². The molecule has 0 atom stereocenters. The molecule has 33 heavy (non-hydrogen) atoms.